The molecule has 0 fully saturated rings. The van der Waals surface area contributed by atoms with Gasteiger partial charge in [-0.3, -0.25) is 0 Å². The molecule has 0 amide bonds. The molecule has 19 heavy (non-hydrogen) atoms. The average molecular weight is 285 g/mol. The number of rotatable bonds is 7. The third-order valence-electron chi connectivity index (χ3n) is 2.82. The van der Waals surface area contributed by atoms with Crippen molar-refractivity contribution in [2.45, 2.75) is 20.4 Å². The van der Waals surface area contributed by atoms with Gasteiger partial charge in [-0.1, -0.05) is 25.4 Å². The Hall–Kier alpha value is -0.840. The van der Waals surface area contributed by atoms with Gasteiger partial charge >= 0.3 is 0 Å². The van der Waals surface area contributed by atoms with Gasteiger partial charge < -0.3 is 15.5 Å². The molecule has 1 aromatic heterocycles. The van der Waals surface area contributed by atoms with Gasteiger partial charge in [0.1, 0.15) is 5.82 Å². The maximum atomic E-state index is 6.33. The molecule has 0 aliphatic heterocycles. The average Bonchev–Trinajstić information content (AvgIpc) is 2.34. The lowest BCUT2D eigenvalue weighted by molar-refractivity contribution is 0.408. The van der Waals surface area contributed by atoms with E-state index in [1.165, 1.54) is 0 Å². The second-order valence-electron chi connectivity index (χ2n) is 5.50. The van der Waals surface area contributed by atoms with E-state index in [0.717, 1.165) is 31.0 Å². The van der Waals surface area contributed by atoms with Crippen LogP contribution in [0.5, 0.6) is 0 Å². The monoisotopic (exact) mass is 284 g/mol. The fourth-order valence-electron chi connectivity index (χ4n) is 1.86. The number of nitrogens with two attached hydrogens (primary N) is 1. The van der Waals surface area contributed by atoms with E-state index in [-0.39, 0.29) is 0 Å². The normalized spacial score (nSPS) is 11.4. The minimum Gasteiger partial charge on any atom is -0.354 e. The number of pyridine rings is 1. The lowest BCUT2D eigenvalue weighted by atomic mass is 10.2. The van der Waals surface area contributed by atoms with Crippen molar-refractivity contribution < 1.29 is 0 Å². The fraction of sp³-hybridized carbons (Fsp3) is 0.643. The summed E-state index contributed by atoms with van der Waals surface area (Å²) in [5, 5.41) is 0.683. The van der Waals surface area contributed by atoms with Crippen molar-refractivity contribution in [3.05, 3.63) is 22.8 Å². The molecule has 0 aliphatic rings. The zero-order valence-electron chi connectivity index (χ0n) is 12.4. The summed E-state index contributed by atoms with van der Waals surface area (Å²) in [5.41, 5.74) is 6.57. The van der Waals surface area contributed by atoms with E-state index in [2.05, 4.69) is 42.7 Å². The van der Waals surface area contributed by atoms with Crippen LogP contribution in [0.2, 0.25) is 5.02 Å². The van der Waals surface area contributed by atoms with E-state index in [9.17, 15) is 0 Å². The predicted molar refractivity (Wildman–Crippen MR) is 82.7 cm³/mol. The Morgan fingerprint density at radius 1 is 1.32 bits per heavy atom. The second kappa shape index (κ2) is 7.68. The molecule has 5 heteroatoms. The summed E-state index contributed by atoms with van der Waals surface area (Å²) < 4.78 is 0. The number of anilines is 1. The quantitative estimate of drug-likeness (QED) is 0.834. The maximum Gasteiger partial charge on any atom is 0.147 e. The molecule has 0 saturated heterocycles. The molecule has 1 aromatic rings. The molecule has 1 heterocycles. The Labute approximate surface area is 121 Å². The number of aromatic nitrogens is 1. The van der Waals surface area contributed by atoms with Crippen molar-refractivity contribution in [2.75, 3.05) is 38.6 Å². The molecule has 0 saturated carbocycles. The molecule has 0 aromatic carbocycles. The van der Waals surface area contributed by atoms with Gasteiger partial charge in [-0.15, -0.1) is 0 Å². The van der Waals surface area contributed by atoms with Crippen LogP contribution in [0.1, 0.15) is 19.4 Å². The summed E-state index contributed by atoms with van der Waals surface area (Å²) >= 11 is 6.33. The van der Waals surface area contributed by atoms with Gasteiger partial charge in [-0.05, 0) is 31.6 Å². The summed E-state index contributed by atoms with van der Waals surface area (Å²) in [6.45, 7) is 7.70. The zero-order chi connectivity index (χ0) is 14.4. The Bertz CT molecular complexity index is 393. The Balaban J connectivity index is 2.89. The van der Waals surface area contributed by atoms with Crippen LogP contribution in [0.4, 0.5) is 5.82 Å². The number of halogens is 1. The highest BCUT2D eigenvalue weighted by Gasteiger charge is 2.14. The van der Waals surface area contributed by atoms with Gasteiger partial charge in [0.2, 0.25) is 0 Å². The molecule has 0 radical (unpaired) electrons. The van der Waals surface area contributed by atoms with Crippen LogP contribution in [0.25, 0.3) is 0 Å². The predicted octanol–water partition coefficient (Wildman–Crippen LogP) is 2.22. The molecule has 2 N–H and O–H groups in total. The molecule has 0 aliphatic carbocycles. The minimum atomic E-state index is 0.467. The Kier molecular flexibility index (Phi) is 6.55. The van der Waals surface area contributed by atoms with E-state index in [1.807, 2.05) is 12.3 Å². The molecule has 0 unspecified atom stereocenters. The standard InChI is InChI=1S/C14H25ClN4/c1-11(2)10-19(6-5-18(3)4)14-13(15)7-12(8-16)9-17-14/h7,9,11H,5-6,8,10,16H2,1-4H3. The van der Waals surface area contributed by atoms with Crippen LogP contribution < -0.4 is 10.6 Å². The third-order valence-corrected chi connectivity index (χ3v) is 3.09. The summed E-state index contributed by atoms with van der Waals surface area (Å²) in [4.78, 5) is 8.88. The smallest absolute Gasteiger partial charge is 0.147 e. The van der Waals surface area contributed by atoms with Gasteiger partial charge in [0, 0.05) is 32.4 Å². The number of nitrogens with zero attached hydrogens (tertiary/aromatic N) is 3. The van der Waals surface area contributed by atoms with E-state index in [1.54, 1.807) is 0 Å². The minimum absolute atomic E-state index is 0.467. The third kappa shape index (κ3) is 5.35. The number of hydrogen-bond donors (Lipinski definition) is 1. The van der Waals surface area contributed by atoms with Crippen LogP contribution in [0.3, 0.4) is 0 Å². The van der Waals surface area contributed by atoms with Gasteiger partial charge in [0.05, 0.1) is 5.02 Å². The number of likely N-dealkylation sites (N-methyl/N-ethyl adjacent to an activating group) is 1. The van der Waals surface area contributed by atoms with E-state index < -0.39 is 0 Å². The van der Waals surface area contributed by atoms with E-state index in [0.29, 0.717) is 17.5 Å². The van der Waals surface area contributed by atoms with Crippen LogP contribution in [-0.2, 0) is 6.54 Å². The highest BCUT2D eigenvalue weighted by Crippen LogP contribution is 2.24. The zero-order valence-corrected chi connectivity index (χ0v) is 13.1. The first-order valence-corrected chi connectivity index (χ1v) is 7.06. The van der Waals surface area contributed by atoms with Gasteiger partial charge in [0.15, 0.2) is 0 Å². The summed E-state index contributed by atoms with van der Waals surface area (Å²) in [7, 11) is 4.14. The molecular formula is C14H25ClN4. The van der Waals surface area contributed by atoms with Crippen molar-refractivity contribution in [2.24, 2.45) is 11.7 Å². The lowest BCUT2D eigenvalue weighted by Gasteiger charge is -2.28. The molecule has 1 rings (SSSR count). The van der Waals surface area contributed by atoms with Crippen LogP contribution in [-0.4, -0.2) is 43.6 Å². The van der Waals surface area contributed by atoms with Gasteiger partial charge in [-0.25, -0.2) is 4.98 Å². The van der Waals surface area contributed by atoms with E-state index >= 15 is 0 Å². The van der Waals surface area contributed by atoms with Gasteiger partial charge in [0.25, 0.3) is 0 Å². The van der Waals surface area contributed by atoms with Crippen molar-refractivity contribution in [3.63, 3.8) is 0 Å². The first-order valence-electron chi connectivity index (χ1n) is 6.68. The first kappa shape index (κ1) is 16.2. The summed E-state index contributed by atoms with van der Waals surface area (Å²) in [5.74, 6) is 1.42. The second-order valence-corrected chi connectivity index (χ2v) is 5.90. The molecule has 0 atom stereocenters. The first-order chi connectivity index (χ1) is 8.93. The largest absolute Gasteiger partial charge is 0.354 e. The molecule has 4 nitrogen and oxygen atoms in total. The highest BCUT2D eigenvalue weighted by atomic mass is 35.5. The topological polar surface area (TPSA) is 45.4 Å². The highest BCUT2D eigenvalue weighted by molar-refractivity contribution is 6.33. The van der Waals surface area contributed by atoms with Crippen LogP contribution in [0.15, 0.2) is 12.3 Å². The van der Waals surface area contributed by atoms with Crippen LogP contribution in [0, 0.1) is 5.92 Å². The SMILES string of the molecule is CC(C)CN(CCN(C)C)c1ncc(CN)cc1Cl. The Morgan fingerprint density at radius 3 is 2.47 bits per heavy atom. The lowest BCUT2D eigenvalue weighted by Crippen LogP contribution is -2.35. The Morgan fingerprint density at radius 2 is 2.00 bits per heavy atom. The molecule has 108 valence electrons. The van der Waals surface area contributed by atoms with Crippen LogP contribution >= 0.6 is 11.6 Å². The maximum absolute atomic E-state index is 6.33. The van der Waals surface area contributed by atoms with Gasteiger partial charge in [-0.2, -0.15) is 0 Å². The molecule has 0 spiro atoms. The fourth-order valence-corrected chi connectivity index (χ4v) is 2.17. The number of hydrogen-bond acceptors (Lipinski definition) is 4. The summed E-state index contributed by atoms with van der Waals surface area (Å²) in [6, 6.07) is 1.91. The molecular weight excluding hydrogens is 260 g/mol. The van der Waals surface area contributed by atoms with Crippen molar-refractivity contribution in [1.82, 2.24) is 9.88 Å². The van der Waals surface area contributed by atoms with Crippen molar-refractivity contribution in [3.8, 4) is 0 Å². The van der Waals surface area contributed by atoms with Crippen molar-refractivity contribution in [1.29, 1.82) is 0 Å². The van der Waals surface area contributed by atoms with Crippen molar-refractivity contribution >= 4 is 17.4 Å². The molecule has 0 bridgehead atoms. The van der Waals surface area contributed by atoms with E-state index in [4.69, 9.17) is 17.3 Å². The summed E-state index contributed by atoms with van der Waals surface area (Å²) in [6.07, 6.45) is 1.81.